The number of hydrogen-bond acceptors (Lipinski definition) is 2. The number of benzene rings is 3. The smallest absolute Gasteiger partial charge is 0.156 e. The number of nitrogens with one attached hydrogen (secondary N) is 1. The Morgan fingerprint density at radius 3 is 2.04 bits per heavy atom. The molecule has 3 aromatic rings. The Hall–Kier alpha value is -1.87. The van der Waals surface area contributed by atoms with Crippen LogP contribution in [0.2, 0.25) is 15.1 Å². The van der Waals surface area contributed by atoms with Gasteiger partial charge in [-0.05, 0) is 35.4 Å². The first kappa shape index (κ1) is 17.9. The monoisotopic (exact) mass is 391 g/mol. The minimum absolute atomic E-state index is 0.414. The van der Waals surface area contributed by atoms with Crippen molar-refractivity contribution in [1.82, 2.24) is 0 Å². The molecule has 0 spiro atoms. The Balaban J connectivity index is 1.68. The average Bonchev–Trinajstić information content (AvgIpc) is 2.61. The molecule has 0 bridgehead atoms. The van der Waals surface area contributed by atoms with Crippen LogP contribution in [0.25, 0.3) is 0 Å². The molecule has 0 fully saturated rings. The highest BCUT2D eigenvalue weighted by molar-refractivity contribution is 6.37. The van der Waals surface area contributed by atoms with Crippen LogP contribution in [0.1, 0.15) is 11.1 Å². The van der Waals surface area contributed by atoms with Crippen molar-refractivity contribution in [1.29, 1.82) is 0 Å². The lowest BCUT2D eigenvalue weighted by atomic mass is 10.2. The summed E-state index contributed by atoms with van der Waals surface area (Å²) in [6, 6.07) is 21.1. The highest BCUT2D eigenvalue weighted by Crippen LogP contribution is 2.35. The van der Waals surface area contributed by atoms with Crippen LogP contribution in [-0.2, 0) is 13.2 Å². The summed E-state index contributed by atoms with van der Waals surface area (Å²) < 4.78 is 5.79. The third kappa shape index (κ3) is 4.82. The van der Waals surface area contributed by atoms with Gasteiger partial charge in [0.1, 0.15) is 6.61 Å². The summed E-state index contributed by atoms with van der Waals surface area (Å²) in [6.45, 7) is 0.972. The van der Waals surface area contributed by atoms with Crippen molar-refractivity contribution in [3.8, 4) is 5.75 Å². The first-order valence-electron chi connectivity index (χ1n) is 7.76. The zero-order valence-corrected chi connectivity index (χ0v) is 15.6. The molecule has 0 atom stereocenters. The number of para-hydroxylation sites is 1. The van der Waals surface area contributed by atoms with E-state index < -0.39 is 0 Å². The number of hydrogen-bond donors (Lipinski definition) is 1. The largest absolute Gasteiger partial charge is 0.486 e. The van der Waals surface area contributed by atoms with Crippen LogP contribution in [0.15, 0.2) is 66.7 Å². The van der Waals surface area contributed by atoms with Gasteiger partial charge in [-0.3, -0.25) is 0 Å². The van der Waals surface area contributed by atoms with E-state index in [1.54, 1.807) is 0 Å². The minimum Gasteiger partial charge on any atom is -0.486 e. The molecule has 3 aromatic carbocycles. The molecule has 0 saturated carbocycles. The van der Waals surface area contributed by atoms with Gasteiger partial charge >= 0.3 is 0 Å². The van der Waals surface area contributed by atoms with Gasteiger partial charge in [-0.15, -0.1) is 0 Å². The maximum absolute atomic E-state index is 6.35. The van der Waals surface area contributed by atoms with E-state index in [0.717, 1.165) is 16.8 Å². The molecule has 25 heavy (non-hydrogen) atoms. The van der Waals surface area contributed by atoms with Crippen LogP contribution in [0.5, 0.6) is 5.75 Å². The number of ether oxygens (including phenoxy) is 1. The van der Waals surface area contributed by atoms with Crippen molar-refractivity contribution in [3.05, 3.63) is 92.9 Å². The van der Waals surface area contributed by atoms with Gasteiger partial charge in [-0.1, -0.05) is 77.3 Å². The molecular formula is C20H16Cl3NO. The highest BCUT2D eigenvalue weighted by atomic mass is 35.5. The zero-order valence-electron chi connectivity index (χ0n) is 13.3. The molecule has 0 amide bonds. The van der Waals surface area contributed by atoms with E-state index in [0.29, 0.717) is 34.0 Å². The van der Waals surface area contributed by atoms with E-state index in [1.165, 1.54) is 0 Å². The third-order valence-electron chi connectivity index (χ3n) is 3.64. The predicted molar refractivity (Wildman–Crippen MR) is 106 cm³/mol. The van der Waals surface area contributed by atoms with E-state index in [1.807, 2.05) is 66.7 Å². The summed E-state index contributed by atoms with van der Waals surface area (Å²) in [5.41, 5.74) is 2.86. The van der Waals surface area contributed by atoms with Gasteiger partial charge in [-0.25, -0.2) is 0 Å². The SMILES string of the molecule is Clc1ccccc1NCc1cc(Cl)c(OCc2ccccc2)c(Cl)c1. The second kappa shape index (κ2) is 8.48. The molecule has 5 heteroatoms. The molecule has 0 aliphatic rings. The van der Waals surface area contributed by atoms with Crippen LogP contribution in [0, 0.1) is 0 Å². The summed E-state index contributed by atoms with van der Waals surface area (Å²) >= 11 is 18.8. The van der Waals surface area contributed by atoms with Crippen molar-refractivity contribution < 1.29 is 4.74 Å². The van der Waals surface area contributed by atoms with E-state index >= 15 is 0 Å². The molecule has 128 valence electrons. The van der Waals surface area contributed by atoms with Gasteiger partial charge in [0.05, 0.1) is 20.8 Å². The quantitative estimate of drug-likeness (QED) is 0.496. The molecule has 0 unspecified atom stereocenters. The summed E-state index contributed by atoms with van der Waals surface area (Å²) in [5, 5.41) is 4.91. The van der Waals surface area contributed by atoms with Crippen molar-refractivity contribution in [2.24, 2.45) is 0 Å². The Morgan fingerprint density at radius 1 is 0.720 bits per heavy atom. The lowest BCUT2D eigenvalue weighted by Crippen LogP contribution is -2.01. The topological polar surface area (TPSA) is 21.3 Å². The van der Waals surface area contributed by atoms with E-state index in [2.05, 4.69) is 5.32 Å². The Morgan fingerprint density at radius 2 is 1.36 bits per heavy atom. The third-order valence-corrected chi connectivity index (χ3v) is 4.53. The highest BCUT2D eigenvalue weighted by Gasteiger charge is 2.10. The van der Waals surface area contributed by atoms with Gasteiger partial charge in [-0.2, -0.15) is 0 Å². The van der Waals surface area contributed by atoms with Crippen LogP contribution in [0.4, 0.5) is 5.69 Å². The lowest BCUT2D eigenvalue weighted by molar-refractivity contribution is 0.306. The second-order valence-corrected chi connectivity index (χ2v) is 6.72. The standard InChI is InChI=1S/C20H16Cl3NO/c21-16-8-4-5-9-19(16)24-12-15-10-17(22)20(18(23)11-15)25-13-14-6-2-1-3-7-14/h1-11,24H,12-13H2. The minimum atomic E-state index is 0.414. The first-order chi connectivity index (χ1) is 12.1. The van der Waals surface area contributed by atoms with Crippen molar-refractivity contribution in [2.75, 3.05) is 5.32 Å². The van der Waals surface area contributed by atoms with Gasteiger partial charge < -0.3 is 10.1 Å². The molecule has 0 radical (unpaired) electrons. The number of anilines is 1. The van der Waals surface area contributed by atoms with Crippen LogP contribution < -0.4 is 10.1 Å². The fourth-order valence-corrected chi connectivity index (χ4v) is 3.23. The van der Waals surface area contributed by atoms with Gasteiger partial charge in [0.2, 0.25) is 0 Å². The molecular weight excluding hydrogens is 377 g/mol. The van der Waals surface area contributed by atoms with Gasteiger partial charge in [0, 0.05) is 6.54 Å². The van der Waals surface area contributed by atoms with Gasteiger partial charge in [0.15, 0.2) is 5.75 Å². The van der Waals surface area contributed by atoms with E-state index in [4.69, 9.17) is 39.5 Å². The predicted octanol–water partition coefficient (Wildman–Crippen LogP) is 6.84. The molecule has 0 aliphatic carbocycles. The van der Waals surface area contributed by atoms with Crippen LogP contribution >= 0.6 is 34.8 Å². The van der Waals surface area contributed by atoms with Crippen LogP contribution in [0.3, 0.4) is 0 Å². The zero-order chi connectivity index (χ0) is 17.6. The fraction of sp³-hybridized carbons (Fsp3) is 0.100. The Labute approximate surface area is 162 Å². The molecule has 0 aromatic heterocycles. The maximum Gasteiger partial charge on any atom is 0.156 e. The maximum atomic E-state index is 6.35. The molecule has 1 N–H and O–H groups in total. The summed E-state index contributed by atoms with van der Waals surface area (Å²) in [6.07, 6.45) is 0. The van der Waals surface area contributed by atoms with Crippen molar-refractivity contribution in [2.45, 2.75) is 13.2 Å². The van der Waals surface area contributed by atoms with Crippen LogP contribution in [-0.4, -0.2) is 0 Å². The molecule has 0 heterocycles. The fourth-order valence-electron chi connectivity index (χ4n) is 2.38. The second-order valence-electron chi connectivity index (χ2n) is 5.50. The molecule has 2 nitrogen and oxygen atoms in total. The average molecular weight is 393 g/mol. The summed E-state index contributed by atoms with van der Waals surface area (Å²) in [4.78, 5) is 0. The molecule has 0 saturated heterocycles. The van der Waals surface area contributed by atoms with Crippen molar-refractivity contribution in [3.63, 3.8) is 0 Å². The Kier molecular flexibility index (Phi) is 6.09. The van der Waals surface area contributed by atoms with Gasteiger partial charge in [0.25, 0.3) is 0 Å². The lowest BCUT2D eigenvalue weighted by Gasteiger charge is -2.13. The molecule has 3 rings (SSSR count). The number of rotatable bonds is 6. The number of halogens is 3. The normalized spacial score (nSPS) is 10.5. The Bertz CT molecular complexity index is 830. The van der Waals surface area contributed by atoms with E-state index in [-0.39, 0.29) is 0 Å². The summed E-state index contributed by atoms with van der Waals surface area (Å²) in [7, 11) is 0. The van der Waals surface area contributed by atoms with Crippen molar-refractivity contribution >= 4 is 40.5 Å². The first-order valence-corrected chi connectivity index (χ1v) is 8.90. The summed E-state index contributed by atoms with van der Waals surface area (Å²) in [5.74, 6) is 0.494. The van der Waals surface area contributed by atoms with E-state index in [9.17, 15) is 0 Å². The molecule has 0 aliphatic heterocycles.